The highest BCUT2D eigenvalue weighted by Crippen LogP contribution is 2.27. The summed E-state index contributed by atoms with van der Waals surface area (Å²) in [5, 5.41) is 19.2. The first-order valence-corrected chi connectivity index (χ1v) is 8.16. The molecule has 24 heavy (non-hydrogen) atoms. The molecule has 0 saturated carbocycles. The van der Waals surface area contributed by atoms with E-state index >= 15 is 0 Å². The Morgan fingerprint density at radius 1 is 1.21 bits per heavy atom. The smallest absolute Gasteiger partial charge is 0.359 e. The van der Waals surface area contributed by atoms with Gasteiger partial charge in [0, 0.05) is 5.75 Å². The number of H-pyrrole nitrogens is 1. The number of carboxylic acid groups (broad SMARTS) is 1. The van der Waals surface area contributed by atoms with Crippen LogP contribution in [0.2, 0.25) is 0 Å². The van der Waals surface area contributed by atoms with Crippen molar-refractivity contribution in [2.75, 3.05) is 7.11 Å². The van der Waals surface area contributed by atoms with Crippen molar-refractivity contribution in [1.82, 2.24) is 15.4 Å². The minimum Gasteiger partial charge on any atom is -0.497 e. The molecule has 1 heterocycles. The summed E-state index contributed by atoms with van der Waals surface area (Å²) in [6.45, 7) is 0. The number of carbonyl (C=O) groups is 1. The van der Waals surface area contributed by atoms with Crippen molar-refractivity contribution < 1.29 is 14.6 Å². The Balaban J connectivity index is 1.70. The largest absolute Gasteiger partial charge is 0.497 e. The molecule has 3 aromatic rings. The number of nitrogens with one attached hydrogen (secondary N) is 1. The minimum absolute atomic E-state index is 0.0481. The van der Waals surface area contributed by atoms with Crippen molar-refractivity contribution in [3.63, 3.8) is 0 Å². The number of nitrogens with zero attached hydrogens (tertiary/aromatic N) is 2. The van der Waals surface area contributed by atoms with E-state index in [0.717, 1.165) is 22.4 Å². The molecular weight excluding hydrogens is 326 g/mol. The number of hydrogen-bond acceptors (Lipinski definition) is 5. The van der Waals surface area contributed by atoms with Gasteiger partial charge in [0.25, 0.3) is 0 Å². The zero-order valence-electron chi connectivity index (χ0n) is 12.9. The number of aromatic amines is 1. The second-order valence-electron chi connectivity index (χ2n) is 5.01. The van der Waals surface area contributed by atoms with Gasteiger partial charge >= 0.3 is 5.97 Å². The fourth-order valence-corrected chi connectivity index (χ4v) is 3.08. The van der Waals surface area contributed by atoms with Crippen LogP contribution >= 0.6 is 11.8 Å². The van der Waals surface area contributed by atoms with Crippen LogP contribution in [0, 0.1) is 0 Å². The second kappa shape index (κ2) is 7.18. The summed E-state index contributed by atoms with van der Waals surface area (Å²) in [5.41, 5.74) is 3.21. The molecule has 7 heteroatoms. The van der Waals surface area contributed by atoms with Crippen molar-refractivity contribution in [2.45, 2.75) is 10.8 Å². The first kappa shape index (κ1) is 16.1. The fraction of sp³-hybridized carbons (Fsp3) is 0.118. The molecule has 0 amide bonds. The molecule has 0 aliphatic rings. The van der Waals surface area contributed by atoms with Gasteiger partial charge in [0.1, 0.15) is 10.8 Å². The molecule has 2 N–H and O–H groups in total. The van der Waals surface area contributed by atoms with E-state index in [0.29, 0.717) is 10.8 Å². The standard InChI is InChI=1S/C17H15N3O3S/c1-23-14-4-2-3-13(9-14)12-7-5-11(6-8-12)10-24-16-15(17(21)22)18-20-19-16/h2-9H,10H2,1H3,(H,21,22)(H,18,19,20). The second-order valence-corrected chi connectivity index (χ2v) is 6.00. The maximum atomic E-state index is 11.0. The van der Waals surface area contributed by atoms with Gasteiger partial charge in [0.2, 0.25) is 5.69 Å². The molecule has 0 fully saturated rings. The molecule has 0 aliphatic carbocycles. The molecule has 0 spiro atoms. The van der Waals surface area contributed by atoms with Gasteiger partial charge in [0.05, 0.1) is 7.11 Å². The van der Waals surface area contributed by atoms with Crippen LogP contribution in [0.3, 0.4) is 0 Å². The van der Waals surface area contributed by atoms with Crippen LogP contribution in [0.4, 0.5) is 0 Å². The number of rotatable bonds is 6. The zero-order valence-corrected chi connectivity index (χ0v) is 13.7. The lowest BCUT2D eigenvalue weighted by molar-refractivity contribution is 0.0686. The lowest BCUT2D eigenvalue weighted by Gasteiger charge is -2.06. The normalized spacial score (nSPS) is 10.5. The Labute approximate surface area is 142 Å². The summed E-state index contributed by atoms with van der Waals surface area (Å²) in [6, 6.07) is 16.0. The molecule has 3 rings (SSSR count). The Morgan fingerprint density at radius 3 is 2.71 bits per heavy atom. The maximum absolute atomic E-state index is 11.0. The van der Waals surface area contributed by atoms with Gasteiger partial charge in [-0.05, 0) is 28.8 Å². The third kappa shape index (κ3) is 3.57. The van der Waals surface area contributed by atoms with Crippen LogP contribution in [-0.2, 0) is 5.75 Å². The highest BCUT2D eigenvalue weighted by Gasteiger charge is 2.14. The van der Waals surface area contributed by atoms with Crippen LogP contribution in [0.1, 0.15) is 16.1 Å². The Hall–Kier alpha value is -2.80. The number of thioether (sulfide) groups is 1. The number of hydrogen-bond donors (Lipinski definition) is 2. The molecule has 0 radical (unpaired) electrons. The van der Waals surface area contributed by atoms with E-state index in [2.05, 4.69) is 15.4 Å². The first-order valence-electron chi connectivity index (χ1n) is 7.18. The third-order valence-electron chi connectivity index (χ3n) is 3.46. The summed E-state index contributed by atoms with van der Waals surface area (Å²) in [7, 11) is 1.65. The van der Waals surface area contributed by atoms with E-state index in [1.54, 1.807) is 7.11 Å². The molecule has 1 aromatic heterocycles. The van der Waals surface area contributed by atoms with Crippen molar-refractivity contribution in [3.8, 4) is 16.9 Å². The Bertz CT molecular complexity index is 846. The fourth-order valence-electron chi connectivity index (χ4n) is 2.21. The van der Waals surface area contributed by atoms with Crippen LogP contribution in [-0.4, -0.2) is 33.6 Å². The third-order valence-corrected chi connectivity index (χ3v) is 4.51. The lowest BCUT2D eigenvalue weighted by atomic mass is 10.0. The quantitative estimate of drug-likeness (QED) is 0.668. The molecule has 2 aromatic carbocycles. The van der Waals surface area contributed by atoms with Crippen molar-refractivity contribution in [1.29, 1.82) is 0 Å². The van der Waals surface area contributed by atoms with Gasteiger partial charge in [-0.3, -0.25) is 5.10 Å². The SMILES string of the molecule is COc1cccc(-c2ccc(CSc3[nH]nnc3C(=O)O)cc2)c1. The average molecular weight is 341 g/mol. The number of ether oxygens (including phenoxy) is 1. The lowest BCUT2D eigenvalue weighted by Crippen LogP contribution is -1.98. The van der Waals surface area contributed by atoms with Gasteiger partial charge in [0.15, 0.2) is 0 Å². The summed E-state index contributed by atoms with van der Waals surface area (Å²) in [5.74, 6) is 0.363. The van der Waals surface area contributed by atoms with Crippen molar-refractivity contribution >= 4 is 17.7 Å². The minimum atomic E-state index is -1.08. The number of benzene rings is 2. The molecule has 0 aliphatic heterocycles. The molecular formula is C17H15N3O3S. The molecule has 0 atom stereocenters. The first-order chi connectivity index (χ1) is 11.7. The number of carboxylic acids is 1. The van der Waals surface area contributed by atoms with Crippen LogP contribution < -0.4 is 4.74 Å². The monoisotopic (exact) mass is 341 g/mol. The van der Waals surface area contributed by atoms with E-state index in [-0.39, 0.29) is 5.69 Å². The highest BCUT2D eigenvalue weighted by atomic mass is 32.2. The maximum Gasteiger partial charge on any atom is 0.359 e. The van der Waals surface area contributed by atoms with Gasteiger partial charge in [-0.25, -0.2) is 4.79 Å². The van der Waals surface area contributed by atoms with E-state index in [1.807, 2.05) is 48.5 Å². The number of aromatic carboxylic acids is 1. The summed E-state index contributed by atoms with van der Waals surface area (Å²) >= 11 is 1.36. The van der Waals surface area contributed by atoms with E-state index in [4.69, 9.17) is 9.84 Å². The van der Waals surface area contributed by atoms with Crippen LogP contribution in [0.5, 0.6) is 5.75 Å². The van der Waals surface area contributed by atoms with Gasteiger partial charge in [-0.15, -0.1) is 5.10 Å². The van der Waals surface area contributed by atoms with Crippen LogP contribution in [0.15, 0.2) is 53.6 Å². The number of methoxy groups -OCH3 is 1. The van der Waals surface area contributed by atoms with Crippen molar-refractivity contribution in [3.05, 3.63) is 59.8 Å². The van der Waals surface area contributed by atoms with E-state index in [9.17, 15) is 4.79 Å². The Kier molecular flexibility index (Phi) is 4.81. The molecule has 0 unspecified atom stereocenters. The number of aromatic nitrogens is 3. The molecule has 6 nitrogen and oxygen atoms in total. The van der Waals surface area contributed by atoms with Gasteiger partial charge < -0.3 is 9.84 Å². The Morgan fingerprint density at radius 2 is 2.00 bits per heavy atom. The predicted octanol–water partition coefficient (Wildman–Crippen LogP) is 3.47. The van der Waals surface area contributed by atoms with Gasteiger partial charge in [-0.2, -0.15) is 0 Å². The average Bonchev–Trinajstić information content (AvgIpc) is 3.09. The highest BCUT2D eigenvalue weighted by molar-refractivity contribution is 7.98. The van der Waals surface area contributed by atoms with Gasteiger partial charge in [-0.1, -0.05) is 53.4 Å². The van der Waals surface area contributed by atoms with Crippen LogP contribution in [0.25, 0.3) is 11.1 Å². The van der Waals surface area contributed by atoms with E-state index in [1.165, 1.54) is 11.8 Å². The summed E-state index contributed by atoms with van der Waals surface area (Å²) in [4.78, 5) is 11.0. The summed E-state index contributed by atoms with van der Waals surface area (Å²) in [6.07, 6.45) is 0. The van der Waals surface area contributed by atoms with Crippen molar-refractivity contribution in [2.24, 2.45) is 0 Å². The predicted molar refractivity (Wildman–Crippen MR) is 91.3 cm³/mol. The van der Waals surface area contributed by atoms with E-state index < -0.39 is 5.97 Å². The molecule has 0 bridgehead atoms. The molecule has 0 saturated heterocycles. The molecule has 122 valence electrons. The topological polar surface area (TPSA) is 88.1 Å². The summed E-state index contributed by atoms with van der Waals surface area (Å²) < 4.78 is 5.24. The zero-order chi connectivity index (χ0) is 16.9.